The maximum absolute atomic E-state index is 10.7. The zero-order chi connectivity index (χ0) is 6.69. The van der Waals surface area contributed by atoms with Crippen molar-refractivity contribution in [3.8, 4) is 0 Å². The van der Waals surface area contributed by atoms with Crippen molar-refractivity contribution in [1.29, 1.82) is 0 Å². The topological polar surface area (TPSA) is 26.3 Å². The molecule has 52 valence electrons. The highest BCUT2D eigenvalue weighted by molar-refractivity contribution is 5.74. The van der Waals surface area contributed by atoms with Crippen LogP contribution in [0.25, 0.3) is 0 Å². The Morgan fingerprint density at radius 1 is 1.67 bits per heavy atom. The minimum atomic E-state index is 0.0110. The van der Waals surface area contributed by atoms with E-state index in [1.54, 1.807) is 0 Å². The number of rotatable bonds is 3. The number of hydrogen-bond donors (Lipinski definition) is 0. The van der Waals surface area contributed by atoms with Gasteiger partial charge in [-0.25, -0.2) is 0 Å². The fourth-order valence-electron chi connectivity index (χ4n) is 0.640. The van der Waals surface area contributed by atoms with E-state index in [-0.39, 0.29) is 11.9 Å². The van der Waals surface area contributed by atoms with Crippen LogP contribution in [0.5, 0.6) is 0 Å². The molecule has 1 aliphatic carbocycles. The monoisotopic (exact) mass is 128 g/mol. The molecule has 0 amide bonds. The summed E-state index contributed by atoms with van der Waals surface area (Å²) < 4.78 is 4.88. The van der Waals surface area contributed by atoms with Crippen LogP contribution in [0.4, 0.5) is 0 Å². The van der Waals surface area contributed by atoms with Crippen molar-refractivity contribution in [3.05, 3.63) is 0 Å². The van der Waals surface area contributed by atoms with Crippen LogP contribution in [-0.2, 0) is 9.53 Å². The molecule has 0 bridgehead atoms. The summed E-state index contributed by atoms with van der Waals surface area (Å²) in [5.41, 5.74) is 0. The van der Waals surface area contributed by atoms with Crippen LogP contribution >= 0.6 is 0 Å². The van der Waals surface area contributed by atoms with E-state index in [4.69, 9.17) is 4.74 Å². The Hall–Kier alpha value is -0.530. The lowest BCUT2D eigenvalue weighted by Crippen LogP contribution is -2.06. The van der Waals surface area contributed by atoms with Crippen molar-refractivity contribution in [2.75, 3.05) is 6.61 Å². The lowest BCUT2D eigenvalue weighted by atomic mass is 10.4. The van der Waals surface area contributed by atoms with Crippen molar-refractivity contribution in [2.24, 2.45) is 5.92 Å². The maximum atomic E-state index is 10.7. The van der Waals surface area contributed by atoms with E-state index in [0.717, 1.165) is 19.3 Å². The average molecular weight is 128 g/mol. The number of esters is 1. The minimum Gasteiger partial charge on any atom is -0.465 e. The maximum Gasteiger partial charge on any atom is 0.308 e. The Morgan fingerprint density at radius 3 is 2.78 bits per heavy atom. The fraction of sp³-hybridized carbons (Fsp3) is 0.857. The molecule has 0 aromatic heterocycles. The highest BCUT2D eigenvalue weighted by atomic mass is 16.5. The van der Waals surface area contributed by atoms with Gasteiger partial charge < -0.3 is 4.74 Å². The first kappa shape index (κ1) is 6.59. The molecule has 0 atom stereocenters. The molecule has 0 unspecified atom stereocenters. The summed E-state index contributed by atoms with van der Waals surface area (Å²) in [4.78, 5) is 10.7. The molecular formula is C7H12O2. The van der Waals surface area contributed by atoms with Crippen molar-refractivity contribution in [1.82, 2.24) is 0 Å². The van der Waals surface area contributed by atoms with Gasteiger partial charge >= 0.3 is 5.97 Å². The van der Waals surface area contributed by atoms with Crippen molar-refractivity contribution in [2.45, 2.75) is 26.2 Å². The Labute approximate surface area is 55.2 Å². The second-order valence-corrected chi connectivity index (χ2v) is 2.44. The van der Waals surface area contributed by atoms with Crippen LogP contribution in [0, 0.1) is 5.92 Å². The summed E-state index contributed by atoms with van der Waals surface area (Å²) >= 11 is 0. The van der Waals surface area contributed by atoms with E-state index < -0.39 is 0 Å². The van der Waals surface area contributed by atoms with Gasteiger partial charge in [-0.3, -0.25) is 4.79 Å². The fourth-order valence-corrected chi connectivity index (χ4v) is 0.640. The molecule has 2 heteroatoms. The van der Waals surface area contributed by atoms with Gasteiger partial charge in [0, 0.05) is 0 Å². The van der Waals surface area contributed by atoms with Crippen LogP contribution in [0.2, 0.25) is 0 Å². The first-order chi connectivity index (χ1) is 4.34. The van der Waals surface area contributed by atoms with Crippen molar-refractivity contribution in [3.63, 3.8) is 0 Å². The molecule has 2 nitrogen and oxygen atoms in total. The minimum absolute atomic E-state index is 0.0110. The number of carbonyl (C=O) groups excluding carboxylic acids is 1. The van der Waals surface area contributed by atoms with Crippen molar-refractivity contribution >= 4 is 5.97 Å². The van der Waals surface area contributed by atoms with E-state index in [1.165, 1.54) is 0 Å². The summed E-state index contributed by atoms with van der Waals surface area (Å²) in [6.07, 6.45) is 3.02. The van der Waals surface area contributed by atoms with Gasteiger partial charge in [0.15, 0.2) is 0 Å². The van der Waals surface area contributed by atoms with Gasteiger partial charge in [0.1, 0.15) is 0 Å². The molecule has 1 rings (SSSR count). The molecular weight excluding hydrogens is 116 g/mol. The van der Waals surface area contributed by atoms with Crippen LogP contribution in [0.1, 0.15) is 26.2 Å². The van der Waals surface area contributed by atoms with E-state index in [2.05, 4.69) is 0 Å². The van der Waals surface area contributed by atoms with Crippen molar-refractivity contribution < 1.29 is 9.53 Å². The summed E-state index contributed by atoms with van der Waals surface area (Å²) in [5.74, 6) is 0.272. The van der Waals surface area contributed by atoms with Crippen LogP contribution in [-0.4, -0.2) is 12.6 Å². The van der Waals surface area contributed by atoms with Crippen LogP contribution in [0.3, 0.4) is 0 Å². The zero-order valence-electron chi connectivity index (χ0n) is 5.72. The van der Waals surface area contributed by atoms with Gasteiger partial charge in [-0.05, 0) is 19.3 Å². The van der Waals surface area contributed by atoms with Gasteiger partial charge in [-0.1, -0.05) is 6.92 Å². The number of carbonyl (C=O) groups is 1. The number of ether oxygens (including phenoxy) is 1. The molecule has 1 aliphatic rings. The first-order valence-corrected chi connectivity index (χ1v) is 3.51. The predicted octanol–water partition coefficient (Wildman–Crippen LogP) is 1.35. The highest BCUT2D eigenvalue weighted by Crippen LogP contribution is 2.29. The van der Waals surface area contributed by atoms with E-state index in [9.17, 15) is 4.79 Å². The zero-order valence-corrected chi connectivity index (χ0v) is 5.72. The van der Waals surface area contributed by atoms with Gasteiger partial charge in [0.25, 0.3) is 0 Å². The molecule has 0 radical (unpaired) electrons. The van der Waals surface area contributed by atoms with Gasteiger partial charge in [-0.15, -0.1) is 0 Å². The molecule has 1 saturated carbocycles. The second-order valence-electron chi connectivity index (χ2n) is 2.44. The second kappa shape index (κ2) is 2.85. The molecule has 0 aromatic rings. The average Bonchev–Trinajstić information content (AvgIpc) is 2.63. The third kappa shape index (κ3) is 2.04. The smallest absolute Gasteiger partial charge is 0.308 e. The molecule has 0 saturated heterocycles. The summed E-state index contributed by atoms with van der Waals surface area (Å²) in [7, 11) is 0. The van der Waals surface area contributed by atoms with Crippen LogP contribution in [0.15, 0.2) is 0 Å². The first-order valence-electron chi connectivity index (χ1n) is 3.51. The summed E-state index contributed by atoms with van der Waals surface area (Å²) in [5, 5.41) is 0. The summed E-state index contributed by atoms with van der Waals surface area (Å²) in [6.45, 7) is 2.59. The number of hydrogen-bond acceptors (Lipinski definition) is 2. The Morgan fingerprint density at radius 2 is 2.33 bits per heavy atom. The Kier molecular flexibility index (Phi) is 2.09. The van der Waals surface area contributed by atoms with Gasteiger partial charge in [0.2, 0.25) is 0 Å². The van der Waals surface area contributed by atoms with Gasteiger partial charge in [0.05, 0.1) is 12.5 Å². The van der Waals surface area contributed by atoms with Crippen LogP contribution < -0.4 is 0 Å². The quantitative estimate of drug-likeness (QED) is 0.536. The molecule has 0 heterocycles. The SMILES string of the molecule is CCCOC(=O)C1CC1. The van der Waals surface area contributed by atoms with E-state index in [0.29, 0.717) is 6.61 Å². The van der Waals surface area contributed by atoms with E-state index >= 15 is 0 Å². The molecule has 0 aromatic carbocycles. The third-order valence-electron chi connectivity index (χ3n) is 1.36. The highest BCUT2D eigenvalue weighted by Gasteiger charge is 2.30. The lowest BCUT2D eigenvalue weighted by molar-refractivity contribution is -0.145. The van der Waals surface area contributed by atoms with Gasteiger partial charge in [-0.2, -0.15) is 0 Å². The summed E-state index contributed by atoms with van der Waals surface area (Å²) in [6, 6.07) is 0. The third-order valence-corrected chi connectivity index (χ3v) is 1.36. The largest absolute Gasteiger partial charge is 0.465 e. The molecule has 9 heavy (non-hydrogen) atoms. The molecule has 0 aliphatic heterocycles. The molecule has 1 fully saturated rings. The normalized spacial score (nSPS) is 17.4. The molecule has 0 N–H and O–H groups in total. The Bertz CT molecular complexity index is 105. The lowest BCUT2D eigenvalue weighted by Gasteiger charge is -1.98. The predicted molar refractivity (Wildman–Crippen MR) is 34.0 cm³/mol. The standard InChI is InChI=1S/C7H12O2/c1-2-5-9-7(8)6-3-4-6/h6H,2-5H2,1H3. The molecule has 0 spiro atoms. The van der Waals surface area contributed by atoms with E-state index in [1.807, 2.05) is 6.92 Å². The Balaban J connectivity index is 2.03.